The van der Waals surface area contributed by atoms with E-state index < -0.39 is 11.7 Å². The molecule has 26 heavy (non-hydrogen) atoms. The van der Waals surface area contributed by atoms with Gasteiger partial charge in [0.25, 0.3) is 0 Å². The minimum atomic E-state index is -0.724. The van der Waals surface area contributed by atoms with Crippen LogP contribution in [0.4, 0.5) is 14.5 Å². The number of benzene rings is 1. The number of rotatable bonds is 6. The van der Waals surface area contributed by atoms with Crippen LogP contribution in [0.25, 0.3) is 0 Å². The molecule has 132 valence electrons. The number of nitrogens with zero attached hydrogens (tertiary/aromatic N) is 4. The SMILES string of the molecule is C=C/C(F)=C\C(F)=C/Cc1ccc(C)c(N=C(N=C)c2cnccn2)c1. The number of aryl methyl sites for hydroxylation is 1. The highest BCUT2D eigenvalue weighted by molar-refractivity contribution is 6.01. The van der Waals surface area contributed by atoms with Crippen molar-refractivity contribution in [1.82, 2.24) is 9.97 Å². The molecule has 0 radical (unpaired) electrons. The number of aromatic nitrogens is 2. The van der Waals surface area contributed by atoms with E-state index in [1.807, 2.05) is 25.1 Å². The van der Waals surface area contributed by atoms with Crippen LogP contribution in [0.3, 0.4) is 0 Å². The van der Waals surface area contributed by atoms with Crippen LogP contribution in [0.1, 0.15) is 16.8 Å². The number of hydrogen-bond acceptors (Lipinski definition) is 3. The van der Waals surface area contributed by atoms with Crippen LogP contribution in [0.15, 0.2) is 83.2 Å². The van der Waals surface area contributed by atoms with Crippen molar-refractivity contribution in [2.45, 2.75) is 13.3 Å². The molecule has 6 heteroatoms. The van der Waals surface area contributed by atoms with E-state index in [4.69, 9.17) is 0 Å². The molecule has 0 aliphatic heterocycles. The average Bonchev–Trinajstić information content (AvgIpc) is 2.66. The quantitative estimate of drug-likeness (QED) is 0.417. The Morgan fingerprint density at radius 1 is 1.23 bits per heavy atom. The van der Waals surface area contributed by atoms with Crippen LogP contribution >= 0.6 is 0 Å². The van der Waals surface area contributed by atoms with Gasteiger partial charge in [-0.05, 0) is 49.4 Å². The Balaban J connectivity index is 2.30. The van der Waals surface area contributed by atoms with Crippen molar-refractivity contribution < 1.29 is 8.78 Å². The van der Waals surface area contributed by atoms with Crippen LogP contribution in [0.5, 0.6) is 0 Å². The highest BCUT2D eigenvalue weighted by Gasteiger charge is 2.06. The minimum absolute atomic E-state index is 0.289. The first-order chi connectivity index (χ1) is 12.5. The summed E-state index contributed by atoms with van der Waals surface area (Å²) in [5.41, 5.74) is 2.90. The average molecular weight is 352 g/mol. The lowest BCUT2D eigenvalue weighted by Gasteiger charge is -2.05. The summed E-state index contributed by atoms with van der Waals surface area (Å²) in [6.45, 7) is 8.66. The van der Waals surface area contributed by atoms with E-state index in [-0.39, 0.29) is 6.42 Å². The van der Waals surface area contributed by atoms with E-state index in [0.29, 0.717) is 17.2 Å². The Hall–Kier alpha value is -3.28. The maximum atomic E-state index is 13.6. The Bertz CT molecular complexity index is 884. The largest absolute Gasteiger partial charge is 0.261 e. The van der Waals surface area contributed by atoms with Crippen molar-refractivity contribution in [3.63, 3.8) is 0 Å². The van der Waals surface area contributed by atoms with Crippen molar-refractivity contribution in [1.29, 1.82) is 0 Å². The maximum Gasteiger partial charge on any atom is 0.179 e. The van der Waals surface area contributed by atoms with E-state index in [0.717, 1.165) is 23.3 Å². The smallest absolute Gasteiger partial charge is 0.179 e. The standard InChI is InChI=1S/C20H18F2N4/c1-4-16(21)12-17(22)8-7-15-6-5-14(2)18(11-15)26-20(23-3)19-13-24-9-10-25-19/h4-6,8-13H,1,3,7H2,2H3/b16-12+,17-8+,26-20?. The molecule has 0 aliphatic rings. The van der Waals surface area contributed by atoms with Gasteiger partial charge in [-0.1, -0.05) is 18.7 Å². The second-order valence-corrected chi connectivity index (χ2v) is 5.33. The Kier molecular flexibility index (Phi) is 6.79. The predicted octanol–water partition coefficient (Wildman–Crippen LogP) is 5.00. The topological polar surface area (TPSA) is 50.5 Å². The zero-order valence-corrected chi connectivity index (χ0v) is 14.4. The minimum Gasteiger partial charge on any atom is -0.261 e. The van der Waals surface area contributed by atoms with Gasteiger partial charge in [-0.15, -0.1) is 0 Å². The van der Waals surface area contributed by atoms with E-state index in [1.165, 1.54) is 6.08 Å². The van der Waals surface area contributed by atoms with E-state index in [1.54, 1.807) is 18.6 Å². The molecule has 0 fully saturated rings. The molecule has 0 spiro atoms. The van der Waals surface area contributed by atoms with Crippen LogP contribution < -0.4 is 0 Å². The third-order valence-electron chi connectivity index (χ3n) is 3.45. The number of amidine groups is 1. The molecule has 0 aliphatic carbocycles. The van der Waals surface area contributed by atoms with Crippen molar-refractivity contribution >= 4 is 18.2 Å². The van der Waals surface area contributed by atoms with Crippen molar-refractivity contribution in [2.24, 2.45) is 9.98 Å². The first kappa shape index (κ1) is 19.1. The summed E-state index contributed by atoms with van der Waals surface area (Å²) in [5, 5.41) is 0. The maximum absolute atomic E-state index is 13.6. The highest BCUT2D eigenvalue weighted by atomic mass is 19.1. The number of hydrogen-bond donors (Lipinski definition) is 0. The van der Waals surface area contributed by atoms with Gasteiger partial charge in [0.15, 0.2) is 5.84 Å². The van der Waals surface area contributed by atoms with E-state index in [2.05, 4.69) is 33.2 Å². The Labute approximate surface area is 151 Å². The number of aliphatic imine (C=N–C) groups is 2. The molecule has 1 aromatic heterocycles. The van der Waals surface area contributed by atoms with Gasteiger partial charge in [0.2, 0.25) is 0 Å². The van der Waals surface area contributed by atoms with Gasteiger partial charge in [0.05, 0.1) is 11.9 Å². The molecule has 2 rings (SSSR count). The Morgan fingerprint density at radius 2 is 2.04 bits per heavy atom. The molecule has 4 nitrogen and oxygen atoms in total. The van der Waals surface area contributed by atoms with E-state index in [9.17, 15) is 8.78 Å². The van der Waals surface area contributed by atoms with Gasteiger partial charge in [-0.25, -0.2) is 23.7 Å². The Morgan fingerprint density at radius 3 is 2.69 bits per heavy atom. The molecule has 2 aromatic rings. The molecule has 0 bridgehead atoms. The fourth-order valence-electron chi connectivity index (χ4n) is 2.07. The molecule has 0 saturated heterocycles. The van der Waals surface area contributed by atoms with Gasteiger partial charge >= 0.3 is 0 Å². The molecule has 1 aromatic carbocycles. The fraction of sp³-hybridized carbons (Fsp3) is 0.100. The lowest BCUT2D eigenvalue weighted by atomic mass is 10.1. The predicted molar refractivity (Wildman–Crippen MR) is 101 cm³/mol. The summed E-state index contributed by atoms with van der Waals surface area (Å²) in [7, 11) is 0. The summed E-state index contributed by atoms with van der Waals surface area (Å²) < 4.78 is 26.6. The molecule has 0 amide bonds. The first-order valence-electron chi connectivity index (χ1n) is 7.80. The van der Waals surface area contributed by atoms with Crippen molar-refractivity contribution in [3.8, 4) is 0 Å². The van der Waals surface area contributed by atoms with Gasteiger partial charge in [-0.3, -0.25) is 4.98 Å². The second-order valence-electron chi connectivity index (χ2n) is 5.33. The molecular weight excluding hydrogens is 334 g/mol. The molecule has 0 unspecified atom stereocenters. The lowest BCUT2D eigenvalue weighted by molar-refractivity contribution is 0.628. The summed E-state index contributed by atoms with van der Waals surface area (Å²) in [5.74, 6) is -1.05. The van der Waals surface area contributed by atoms with Gasteiger partial charge in [-0.2, -0.15) is 0 Å². The van der Waals surface area contributed by atoms with Crippen molar-refractivity contribution in [2.75, 3.05) is 0 Å². The third kappa shape index (κ3) is 5.37. The third-order valence-corrected chi connectivity index (χ3v) is 3.45. The zero-order valence-electron chi connectivity index (χ0n) is 14.4. The number of allylic oxidation sites excluding steroid dienone is 5. The van der Waals surface area contributed by atoms with Gasteiger partial charge < -0.3 is 0 Å². The summed E-state index contributed by atoms with van der Waals surface area (Å²) in [6.07, 6.45) is 7.96. The molecule has 0 N–H and O–H groups in total. The summed E-state index contributed by atoms with van der Waals surface area (Å²) in [4.78, 5) is 16.5. The normalized spacial score (nSPS) is 12.8. The van der Waals surface area contributed by atoms with Crippen molar-refractivity contribution in [3.05, 3.63) is 90.1 Å². The highest BCUT2D eigenvalue weighted by Crippen LogP contribution is 2.22. The second kappa shape index (κ2) is 9.27. The first-order valence-corrected chi connectivity index (χ1v) is 7.80. The van der Waals surface area contributed by atoms with Crippen LogP contribution in [-0.2, 0) is 6.42 Å². The van der Waals surface area contributed by atoms with Crippen LogP contribution in [0.2, 0.25) is 0 Å². The van der Waals surface area contributed by atoms with Gasteiger partial charge in [0, 0.05) is 18.5 Å². The summed E-state index contributed by atoms with van der Waals surface area (Å²) >= 11 is 0. The van der Waals surface area contributed by atoms with Crippen LogP contribution in [-0.4, -0.2) is 22.5 Å². The van der Waals surface area contributed by atoms with Gasteiger partial charge in [0.1, 0.15) is 17.3 Å². The van der Waals surface area contributed by atoms with E-state index >= 15 is 0 Å². The lowest BCUT2D eigenvalue weighted by Crippen LogP contribution is -2.00. The zero-order chi connectivity index (χ0) is 18.9. The monoisotopic (exact) mass is 352 g/mol. The molecule has 1 heterocycles. The molecule has 0 atom stereocenters. The number of halogens is 2. The summed E-state index contributed by atoms with van der Waals surface area (Å²) in [6, 6.07) is 5.54. The van der Waals surface area contributed by atoms with Crippen LogP contribution in [0, 0.1) is 6.92 Å². The molecule has 0 saturated carbocycles. The molecular formula is C20H18F2N4. The fourth-order valence-corrected chi connectivity index (χ4v) is 2.07.